The van der Waals surface area contributed by atoms with Gasteiger partial charge in [-0.05, 0) is 37.3 Å². The third-order valence-corrected chi connectivity index (χ3v) is 8.00. The minimum atomic E-state index is -1.43. The molecule has 0 radical (unpaired) electrons. The standard InChI is InChI=1S/C27H28N4O6/c1-16-22-23(25(34)31(24(22)33)17-7-9-18(36-2)10-8-17)27(28-16)19-5-3-4-6-20(19)30(26(27)35)15-21(32)29-11-13-37-14-12-29/h3-10,16,22-23,28H,11-15H2,1-2H3/t16-,22+,23-,27-/m0/s1. The molecule has 2 aromatic rings. The number of anilines is 2. The van der Waals surface area contributed by atoms with Gasteiger partial charge >= 0.3 is 0 Å². The first kappa shape index (κ1) is 23.6. The highest BCUT2D eigenvalue weighted by atomic mass is 16.5. The summed E-state index contributed by atoms with van der Waals surface area (Å²) in [6, 6.07) is 13.5. The Bertz CT molecular complexity index is 1290. The molecule has 0 unspecified atom stereocenters. The maximum absolute atomic E-state index is 14.2. The molecule has 3 fully saturated rings. The number of nitrogens with zero attached hydrogens (tertiary/aromatic N) is 3. The number of hydrogen-bond donors (Lipinski definition) is 1. The lowest BCUT2D eigenvalue weighted by atomic mass is 9.76. The zero-order valence-electron chi connectivity index (χ0n) is 20.7. The van der Waals surface area contributed by atoms with Crippen molar-refractivity contribution in [2.75, 3.05) is 49.8 Å². The van der Waals surface area contributed by atoms with E-state index in [1.807, 2.05) is 19.1 Å². The van der Waals surface area contributed by atoms with Crippen LogP contribution in [0.4, 0.5) is 11.4 Å². The third kappa shape index (κ3) is 3.32. The molecule has 10 heteroatoms. The van der Waals surface area contributed by atoms with Crippen molar-refractivity contribution in [3.8, 4) is 5.75 Å². The van der Waals surface area contributed by atoms with Gasteiger partial charge in [-0.15, -0.1) is 0 Å². The number of fused-ring (bicyclic) bond motifs is 4. The maximum Gasteiger partial charge on any atom is 0.253 e. The van der Waals surface area contributed by atoms with E-state index in [0.717, 1.165) is 0 Å². The van der Waals surface area contributed by atoms with Crippen molar-refractivity contribution in [2.45, 2.75) is 18.5 Å². The van der Waals surface area contributed by atoms with Crippen molar-refractivity contribution in [2.24, 2.45) is 11.8 Å². The van der Waals surface area contributed by atoms with Crippen LogP contribution in [-0.4, -0.2) is 74.5 Å². The molecule has 4 amide bonds. The summed E-state index contributed by atoms with van der Waals surface area (Å²) < 4.78 is 10.6. The van der Waals surface area contributed by atoms with Crippen molar-refractivity contribution in [1.82, 2.24) is 10.2 Å². The lowest BCUT2D eigenvalue weighted by molar-refractivity contribution is -0.136. The van der Waals surface area contributed by atoms with Crippen LogP contribution in [-0.2, 0) is 29.5 Å². The molecule has 0 aromatic heterocycles. The fourth-order valence-electron chi connectivity index (χ4n) is 6.30. The van der Waals surface area contributed by atoms with Crippen molar-refractivity contribution in [1.29, 1.82) is 0 Å². The second kappa shape index (κ2) is 8.67. The van der Waals surface area contributed by atoms with Crippen molar-refractivity contribution >= 4 is 35.0 Å². The summed E-state index contributed by atoms with van der Waals surface area (Å²) in [7, 11) is 1.54. The Kier molecular flexibility index (Phi) is 5.54. The van der Waals surface area contributed by atoms with E-state index in [4.69, 9.17) is 9.47 Å². The van der Waals surface area contributed by atoms with E-state index in [0.29, 0.717) is 49.0 Å². The molecule has 1 spiro atoms. The van der Waals surface area contributed by atoms with E-state index in [-0.39, 0.29) is 24.3 Å². The predicted octanol–water partition coefficient (Wildman–Crippen LogP) is 0.893. The number of amides is 4. The first-order chi connectivity index (χ1) is 17.9. The molecule has 4 atom stereocenters. The number of morpholine rings is 1. The molecule has 0 aliphatic carbocycles. The van der Waals surface area contributed by atoms with Gasteiger partial charge in [0.25, 0.3) is 5.91 Å². The summed E-state index contributed by atoms with van der Waals surface area (Å²) >= 11 is 0. The number of carbonyl (C=O) groups excluding carboxylic acids is 4. The summed E-state index contributed by atoms with van der Waals surface area (Å²) in [6.45, 7) is 3.54. The van der Waals surface area contributed by atoms with Gasteiger partial charge in [0.05, 0.1) is 37.8 Å². The van der Waals surface area contributed by atoms with Crippen LogP contribution in [0, 0.1) is 11.8 Å². The molecule has 2 aromatic carbocycles. The molecule has 4 heterocycles. The SMILES string of the molecule is COc1ccc(N2C(=O)[C@@H]3[C@H](C)N[C@]4(C(=O)N(CC(=O)N5CCOCC5)c5ccccc54)[C@@H]3C2=O)cc1. The quantitative estimate of drug-likeness (QED) is 0.616. The number of hydrogen-bond acceptors (Lipinski definition) is 7. The number of para-hydroxylation sites is 1. The number of carbonyl (C=O) groups is 4. The Morgan fingerprint density at radius 2 is 1.76 bits per heavy atom. The van der Waals surface area contributed by atoms with Crippen LogP contribution in [0.5, 0.6) is 5.75 Å². The van der Waals surface area contributed by atoms with Crippen LogP contribution in [0.1, 0.15) is 12.5 Å². The van der Waals surface area contributed by atoms with E-state index in [1.165, 1.54) is 9.80 Å². The molecule has 4 aliphatic rings. The number of methoxy groups -OCH3 is 1. The van der Waals surface area contributed by atoms with Gasteiger partial charge in [-0.1, -0.05) is 18.2 Å². The van der Waals surface area contributed by atoms with Crippen LogP contribution in [0.25, 0.3) is 0 Å². The number of rotatable bonds is 4. The zero-order valence-corrected chi connectivity index (χ0v) is 20.7. The average molecular weight is 505 g/mol. The number of ether oxygens (including phenoxy) is 2. The molecule has 4 aliphatic heterocycles. The lowest BCUT2D eigenvalue weighted by Crippen LogP contribution is -2.56. The second-order valence-corrected chi connectivity index (χ2v) is 9.86. The molecule has 37 heavy (non-hydrogen) atoms. The largest absolute Gasteiger partial charge is 0.497 e. The van der Waals surface area contributed by atoms with Gasteiger partial charge in [0, 0.05) is 30.4 Å². The Morgan fingerprint density at radius 3 is 2.46 bits per heavy atom. The first-order valence-corrected chi connectivity index (χ1v) is 12.4. The topological polar surface area (TPSA) is 108 Å². The Balaban J connectivity index is 1.38. The molecular formula is C27H28N4O6. The molecule has 0 saturated carbocycles. The molecular weight excluding hydrogens is 476 g/mol. The average Bonchev–Trinajstić information content (AvgIpc) is 3.47. The van der Waals surface area contributed by atoms with Crippen molar-refractivity contribution in [3.05, 3.63) is 54.1 Å². The maximum atomic E-state index is 14.2. The fourth-order valence-corrected chi connectivity index (χ4v) is 6.30. The minimum Gasteiger partial charge on any atom is -0.497 e. The van der Waals surface area contributed by atoms with Crippen LogP contribution in [0.15, 0.2) is 48.5 Å². The van der Waals surface area contributed by atoms with Crippen LogP contribution in [0.2, 0.25) is 0 Å². The van der Waals surface area contributed by atoms with E-state index in [2.05, 4.69) is 5.32 Å². The lowest BCUT2D eigenvalue weighted by Gasteiger charge is -2.31. The van der Waals surface area contributed by atoms with Gasteiger partial charge in [-0.25, -0.2) is 4.90 Å². The van der Waals surface area contributed by atoms with Gasteiger partial charge in [0.1, 0.15) is 17.8 Å². The van der Waals surface area contributed by atoms with Gasteiger partial charge in [-0.3, -0.25) is 24.5 Å². The summed E-state index contributed by atoms with van der Waals surface area (Å²) in [5.74, 6) is -2.38. The number of imide groups is 1. The Hall–Kier alpha value is -3.76. The van der Waals surface area contributed by atoms with Crippen molar-refractivity contribution < 1.29 is 28.7 Å². The predicted molar refractivity (Wildman–Crippen MR) is 133 cm³/mol. The van der Waals surface area contributed by atoms with E-state index in [9.17, 15) is 19.2 Å². The van der Waals surface area contributed by atoms with E-state index in [1.54, 1.807) is 48.4 Å². The number of nitrogens with one attached hydrogen (secondary N) is 1. The molecule has 192 valence electrons. The number of benzene rings is 2. The van der Waals surface area contributed by atoms with Gasteiger partial charge in [0.15, 0.2) is 0 Å². The monoisotopic (exact) mass is 504 g/mol. The molecule has 3 saturated heterocycles. The highest BCUT2D eigenvalue weighted by molar-refractivity contribution is 6.26. The Labute approximate surface area is 214 Å². The molecule has 6 rings (SSSR count). The fraction of sp³-hybridized carbons (Fsp3) is 0.407. The van der Waals surface area contributed by atoms with E-state index >= 15 is 0 Å². The first-order valence-electron chi connectivity index (χ1n) is 12.4. The molecule has 0 bridgehead atoms. The van der Waals surface area contributed by atoms with Crippen LogP contribution < -0.4 is 19.9 Å². The minimum absolute atomic E-state index is 0.143. The second-order valence-electron chi connectivity index (χ2n) is 9.86. The summed E-state index contributed by atoms with van der Waals surface area (Å²) in [5, 5.41) is 3.35. The van der Waals surface area contributed by atoms with Gasteiger partial charge in [-0.2, -0.15) is 0 Å². The summed E-state index contributed by atoms with van der Waals surface area (Å²) in [5.41, 5.74) is 0.204. The summed E-state index contributed by atoms with van der Waals surface area (Å²) in [4.78, 5) is 59.3. The molecule has 10 nitrogen and oxygen atoms in total. The zero-order chi connectivity index (χ0) is 25.9. The van der Waals surface area contributed by atoms with Gasteiger partial charge in [0.2, 0.25) is 17.7 Å². The van der Waals surface area contributed by atoms with Crippen LogP contribution >= 0.6 is 0 Å². The third-order valence-electron chi connectivity index (χ3n) is 8.00. The summed E-state index contributed by atoms with van der Waals surface area (Å²) in [6.07, 6.45) is 0. The smallest absolute Gasteiger partial charge is 0.253 e. The molecule has 1 N–H and O–H groups in total. The van der Waals surface area contributed by atoms with Crippen molar-refractivity contribution in [3.63, 3.8) is 0 Å². The highest BCUT2D eigenvalue weighted by Crippen LogP contribution is 2.55. The highest BCUT2D eigenvalue weighted by Gasteiger charge is 2.71. The normalized spacial score (nSPS) is 28.8. The van der Waals surface area contributed by atoms with Gasteiger partial charge < -0.3 is 19.3 Å². The van der Waals surface area contributed by atoms with Crippen LogP contribution in [0.3, 0.4) is 0 Å². The van der Waals surface area contributed by atoms with E-state index < -0.39 is 29.3 Å². The Morgan fingerprint density at radius 1 is 1.05 bits per heavy atom.